The molecule has 0 atom stereocenters. The lowest BCUT2D eigenvalue weighted by molar-refractivity contribution is 0.507. The zero-order chi connectivity index (χ0) is 10.4. The zero-order valence-corrected chi connectivity index (χ0v) is 9.92. The lowest BCUT2D eigenvalue weighted by Crippen LogP contribution is -2.18. The minimum atomic E-state index is 0.982. The molecule has 1 rings (SSSR count). The van der Waals surface area contributed by atoms with Crippen molar-refractivity contribution < 1.29 is 0 Å². The number of rotatable bonds is 5. The first kappa shape index (κ1) is 11.6. The number of hydrogen-bond donors (Lipinski definition) is 0. The van der Waals surface area contributed by atoms with E-state index >= 15 is 0 Å². The molecular weight excluding hydrogens is 192 g/mol. The molecule has 78 valence electrons. The summed E-state index contributed by atoms with van der Waals surface area (Å²) in [5.74, 6) is 0. The van der Waals surface area contributed by atoms with Gasteiger partial charge in [0.2, 0.25) is 0 Å². The van der Waals surface area contributed by atoms with E-state index < -0.39 is 0 Å². The maximum Gasteiger partial charge on any atom is 0.0349 e. The molecule has 1 aromatic rings. The van der Waals surface area contributed by atoms with Crippen LogP contribution in [0.3, 0.4) is 0 Å². The van der Waals surface area contributed by atoms with E-state index in [-0.39, 0.29) is 0 Å². The molecule has 0 fully saturated rings. The highest BCUT2D eigenvalue weighted by molar-refractivity contribution is 7.94. The molecule has 0 aliphatic carbocycles. The van der Waals surface area contributed by atoms with Gasteiger partial charge in [0.15, 0.2) is 0 Å². The molecule has 0 heterocycles. The summed E-state index contributed by atoms with van der Waals surface area (Å²) in [6, 6.07) is 10.5. The Morgan fingerprint density at radius 3 is 2.29 bits per heavy atom. The Kier molecular flexibility index (Phi) is 5.01. The molecule has 0 bridgehead atoms. The maximum atomic E-state index is 2.23. The molecule has 3 heteroatoms. The summed E-state index contributed by atoms with van der Waals surface area (Å²) in [5, 5.41) is 0. The molecule has 0 aliphatic heterocycles. The van der Waals surface area contributed by atoms with Crippen molar-refractivity contribution in [2.24, 2.45) is 0 Å². The normalized spacial score (nSPS) is 11.2. The SMILES string of the molecule is CCN(C)SN(C)Cc1ccccc1. The summed E-state index contributed by atoms with van der Waals surface area (Å²) >= 11 is 1.76. The van der Waals surface area contributed by atoms with E-state index in [1.54, 1.807) is 12.1 Å². The molecule has 0 unspecified atom stereocenters. The van der Waals surface area contributed by atoms with Gasteiger partial charge in [-0.15, -0.1) is 0 Å². The third-order valence-corrected chi connectivity index (χ3v) is 2.92. The van der Waals surface area contributed by atoms with E-state index in [1.165, 1.54) is 5.56 Å². The molecule has 2 nitrogen and oxygen atoms in total. The Balaban J connectivity index is 2.37. The van der Waals surface area contributed by atoms with Crippen molar-refractivity contribution in [3.63, 3.8) is 0 Å². The minimum absolute atomic E-state index is 0.982. The highest BCUT2D eigenvalue weighted by Crippen LogP contribution is 2.14. The lowest BCUT2D eigenvalue weighted by atomic mass is 10.2. The Labute approximate surface area is 91.2 Å². The van der Waals surface area contributed by atoms with Crippen LogP contribution in [0.5, 0.6) is 0 Å². The Hall–Kier alpha value is -0.510. The van der Waals surface area contributed by atoms with Gasteiger partial charge in [-0.25, -0.2) is 8.61 Å². The largest absolute Gasteiger partial charge is 0.241 e. The van der Waals surface area contributed by atoms with Gasteiger partial charge in [-0.2, -0.15) is 0 Å². The summed E-state index contributed by atoms with van der Waals surface area (Å²) in [5.41, 5.74) is 1.35. The van der Waals surface area contributed by atoms with Crippen LogP contribution in [0.4, 0.5) is 0 Å². The van der Waals surface area contributed by atoms with Crippen LogP contribution in [-0.4, -0.2) is 29.3 Å². The second kappa shape index (κ2) is 6.06. The molecule has 0 saturated carbocycles. The van der Waals surface area contributed by atoms with Crippen LogP contribution in [0, 0.1) is 0 Å². The Morgan fingerprint density at radius 1 is 1.07 bits per heavy atom. The summed E-state index contributed by atoms with van der Waals surface area (Å²) in [7, 11) is 4.22. The smallest absolute Gasteiger partial charge is 0.0349 e. The van der Waals surface area contributed by atoms with Gasteiger partial charge in [0.25, 0.3) is 0 Å². The monoisotopic (exact) mass is 210 g/mol. The Bertz CT molecular complexity index is 251. The van der Waals surface area contributed by atoms with Crippen LogP contribution in [0.2, 0.25) is 0 Å². The van der Waals surface area contributed by atoms with Gasteiger partial charge in [-0.1, -0.05) is 37.3 Å². The molecular formula is C11H18N2S. The van der Waals surface area contributed by atoms with Gasteiger partial charge in [-0.3, -0.25) is 0 Å². The summed E-state index contributed by atoms with van der Waals surface area (Å²) < 4.78 is 4.45. The zero-order valence-electron chi connectivity index (χ0n) is 9.10. The van der Waals surface area contributed by atoms with Crippen LogP contribution < -0.4 is 0 Å². The predicted molar refractivity (Wildman–Crippen MR) is 63.8 cm³/mol. The fraction of sp³-hybridized carbons (Fsp3) is 0.455. The van der Waals surface area contributed by atoms with Gasteiger partial charge in [-0.05, 0) is 19.7 Å². The number of nitrogens with zero attached hydrogens (tertiary/aromatic N) is 2. The van der Waals surface area contributed by atoms with E-state index in [2.05, 4.69) is 60.0 Å². The molecule has 14 heavy (non-hydrogen) atoms. The number of benzene rings is 1. The fourth-order valence-electron chi connectivity index (χ4n) is 1.17. The van der Waals surface area contributed by atoms with Crippen molar-refractivity contribution in [3.8, 4) is 0 Å². The molecule has 0 N–H and O–H groups in total. The van der Waals surface area contributed by atoms with E-state index in [4.69, 9.17) is 0 Å². The first-order chi connectivity index (χ1) is 6.72. The first-order valence-electron chi connectivity index (χ1n) is 4.86. The quantitative estimate of drug-likeness (QED) is 0.690. The standard InChI is InChI=1S/C11H18N2S/c1-4-12(2)14-13(3)10-11-8-6-5-7-9-11/h5-9H,4,10H2,1-3H3. The topological polar surface area (TPSA) is 6.48 Å². The summed E-state index contributed by atoms with van der Waals surface area (Å²) in [6.07, 6.45) is 0. The second-order valence-electron chi connectivity index (χ2n) is 3.30. The second-order valence-corrected chi connectivity index (χ2v) is 4.71. The fourth-order valence-corrected chi connectivity index (χ4v) is 1.96. The molecule has 0 saturated heterocycles. The van der Waals surface area contributed by atoms with E-state index in [1.807, 2.05) is 0 Å². The maximum absolute atomic E-state index is 2.23. The minimum Gasteiger partial charge on any atom is -0.241 e. The van der Waals surface area contributed by atoms with Gasteiger partial charge >= 0.3 is 0 Å². The molecule has 1 aromatic carbocycles. The summed E-state index contributed by atoms with van der Waals surface area (Å²) in [4.78, 5) is 0. The highest BCUT2D eigenvalue weighted by atomic mass is 32.2. The number of hydrogen-bond acceptors (Lipinski definition) is 3. The van der Waals surface area contributed by atoms with Crippen molar-refractivity contribution >= 4 is 12.1 Å². The van der Waals surface area contributed by atoms with Crippen molar-refractivity contribution in [1.82, 2.24) is 8.61 Å². The van der Waals surface area contributed by atoms with Gasteiger partial charge < -0.3 is 0 Å². The van der Waals surface area contributed by atoms with E-state index in [9.17, 15) is 0 Å². The molecule has 0 aliphatic rings. The summed E-state index contributed by atoms with van der Waals surface area (Å²) in [6.45, 7) is 4.20. The van der Waals surface area contributed by atoms with Crippen molar-refractivity contribution in [2.45, 2.75) is 13.5 Å². The van der Waals surface area contributed by atoms with Crippen LogP contribution >= 0.6 is 12.1 Å². The molecule has 0 amide bonds. The van der Waals surface area contributed by atoms with Gasteiger partial charge in [0.05, 0.1) is 0 Å². The van der Waals surface area contributed by atoms with Gasteiger partial charge in [0, 0.05) is 25.2 Å². The van der Waals surface area contributed by atoms with Crippen LogP contribution in [0.1, 0.15) is 12.5 Å². The lowest BCUT2D eigenvalue weighted by Gasteiger charge is -2.21. The van der Waals surface area contributed by atoms with Crippen molar-refractivity contribution in [3.05, 3.63) is 35.9 Å². The first-order valence-corrected chi connectivity index (χ1v) is 5.59. The van der Waals surface area contributed by atoms with E-state index in [0.717, 1.165) is 13.1 Å². The molecule has 0 aromatic heterocycles. The van der Waals surface area contributed by atoms with Crippen LogP contribution in [0.25, 0.3) is 0 Å². The molecule has 0 radical (unpaired) electrons. The van der Waals surface area contributed by atoms with E-state index in [0.29, 0.717) is 0 Å². The van der Waals surface area contributed by atoms with Crippen LogP contribution in [-0.2, 0) is 6.54 Å². The third kappa shape index (κ3) is 4.13. The molecule has 0 spiro atoms. The highest BCUT2D eigenvalue weighted by Gasteiger charge is 2.03. The van der Waals surface area contributed by atoms with Crippen molar-refractivity contribution in [2.75, 3.05) is 20.6 Å². The third-order valence-electron chi connectivity index (χ3n) is 1.97. The Morgan fingerprint density at radius 2 is 1.71 bits per heavy atom. The predicted octanol–water partition coefficient (Wildman–Crippen LogP) is 2.63. The van der Waals surface area contributed by atoms with Crippen LogP contribution in [0.15, 0.2) is 30.3 Å². The van der Waals surface area contributed by atoms with Gasteiger partial charge in [0.1, 0.15) is 0 Å². The average molecular weight is 210 g/mol. The van der Waals surface area contributed by atoms with Crippen molar-refractivity contribution in [1.29, 1.82) is 0 Å². The average Bonchev–Trinajstić information content (AvgIpc) is 2.19.